The summed E-state index contributed by atoms with van der Waals surface area (Å²) in [6.45, 7) is 0.128. The fourth-order valence-corrected chi connectivity index (χ4v) is 2.96. The van der Waals surface area contributed by atoms with Crippen molar-refractivity contribution in [3.63, 3.8) is 0 Å². The third-order valence-electron chi connectivity index (χ3n) is 4.12. The van der Waals surface area contributed by atoms with Gasteiger partial charge in [0.25, 0.3) is 0 Å². The average molecular weight is 343 g/mol. The number of hydrogen-bond donors (Lipinski definition) is 2. The first-order chi connectivity index (χ1) is 12.7. The molecule has 2 heterocycles. The number of carbonyl (C=O) groups is 2. The van der Waals surface area contributed by atoms with E-state index in [1.165, 1.54) is 0 Å². The molecule has 0 spiro atoms. The molecule has 2 aromatic carbocycles. The molecule has 26 heavy (non-hydrogen) atoms. The summed E-state index contributed by atoms with van der Waals surface area (Å²) in [5.41, 5.74) is 4.51. The largest absolute Gasteiger partial charge is 0.324 e. The van der Waals surface area contributed by atoms with Crippen LogP contribution in [0.2, 0.25) is 0 Å². The average Bonchev–Trinajstić information content (AvgIpc) is 3.03. The molecular weight excluding hydrogens is 330 g/mol. The number of Topliss-reactive ketones (excluding diaryl/α,β-unsaturated/α-hetero) is 1. The normalized spacial score (nSPS) is 13.0. The number of amides is 1. The second-order valence-electron chi connectivity index (χ2n) is 5.83. The van der Waals surface area contributed by atoms with Gasteiger partial charge in [0.1, 0.15) is 13.0 Å². The molecule has 0 aliphatic carbocycles. The van der Waals surface area contributed by atoms with E-state index >= 15 is 0 Å². The van der Waals surface area contributed by atoms with Crippen LogP contribution in [0, 0.1) is 11.3 Å². The zero-order chi connectivity index (χ0) is 18.1. The number of aromatic amines is 1. The van der Waals surface area contributed by atoms with Gasteiger partial charge in [0, 0.05) is 16.7 Å². The van der Waals surface area contributed by atoms with Crippen molar-refractivity contribution < 1.29 is 9.59 Å². The van der Waals surface area contributed by atoms with Crippen LogP contribution < -0.4 is 5.32 Å². The number of nitrogens with one attached hydrogen (secondary N) is 2. The van der Waals surface area contributed by atoms with Gasteiger partial charge < -0.3 is 4.98 Å². The fourth-order valence-electron chi connectivity index (χ4n) is 2.96. The molecule has 0 unspecified atom stereocenters. The van der Waals surface area contributed by atoms with E-state index in [4.69, 9.17) is 5.26 Å². The molecule has 7 nitrogen and oxygen atoms in total. The smallest absolute Gasteiger partial charge is 0.240 e. The number of aliphatic imine (C=N–C) groups is 1. The summed E-state index contributed by atoms with van der Waals surface area (Å²) < 4.78 is 0. The van der Waals surface area contributed by atoms with Crippen molar-refractivity contribution in [2.45, 2.75) is 6.42 Å². The quantitative estimate of drug-likeness (QED) is 0.761. The van der Waals surface area contributed by atoms with Crippen LogP contribution in [0.25, 0.3) is 11.0 Å². The Bertz CT molecular complexity index is 1120. The highest BCUT2D eigenvalue weighted by molar-refractivity contribution is 6.22. The van der Waals surface area contributed by atoms with Crippen molar-refractivity contribution in [3.8, 4) is 6.07 Å². The molecule has 3 aromatic rings. The summed E-state index contributed by atoms with van der Waals surface area (Å²) in [7, 11) is 0. The SMILES string of the molecule is N#CCC(=O)Nc1nc2ccc(C3=NCC(=O)c4ccccc43)cc2[nH]1. The second kappa shape index (κ2) is 6.26. The zero-order valence-corrected chi connectivity index (χ0v) is 13.6. The summed E-state index contributed by atoms with van der Waals surface area (Å²) in [5.74, 6) is -0.121. The first kappa shape index (κ1) is 15.7. The topological polar surface area (TPSA) is 111 Å². The molecule has 0 atom stereocenters. The molecule has 0 radical (unpaired) electrons. The Labute approximate surface area is 148 Å². The molecule has 1 aliphatic heterocycles. The number of aromatic nitrogens is 2. The van der Waals surface area contributed by atoms with E-state index in [9.17, 15) is 9.59 Å². The Morgan fingerprint density at radius 1 is 1.23 bits per heavy atom. The summed E-state index contributed by atoms with van der Waals surface area (Å²) in [6, 6.07) is 14.8. The third-order valence-corrected chi connectivity index (χ3v) is 4.12. The van der Waals surface area contributed by atoms with E-state index in [2.05, 4.69) is 20.3 Å². The van der Waals surface area contributed by atoms with E-state index in [1.807, 2.05) is 42.5 Å². The Morgan fingerprint density at radius 3 is 2.85 bits per heavy atom. The van der Waals surface area contributed by atoms with Crippen molar-refractivity contribution in [2.75, 3.05) is 11.9 Å². The number of benzene rings is 2. The zero-order valence-electron chi connectivity index (χ0n) is 13.6. The number of H-pyrrole nitrogens is 1. The first-order valence-electron chi connectivity index (χ1n) is 7.99. The highest BCUT2D eigenvalue weighted by Crippen LogP contribution is 2.23. The molecule has 0 bridgehead atoms. The van der Waals surface area contributed by atoms with Gasteiger partial charge in [-0.3, -0.25) is 19.9 Å². The Kier molecular flexibility index (Phi) is 3.78. The van der Waals surface area contributed by atoms with Gasteiger partial charge in [-0.1, -0.05) is 30.3 Å². The van der Waals surface area contributed by atoms with E-state index in [-0.39, 0.29) is 18.7 Å². The van der Waals surface area contributed by atoms with Gasteiger partial charge in [-0.25, -0.2) is 4.98 Å². The van der Waals surface area contributed by atoms with E-state index in [1.54, 1.807) is 6.07 Å². The van der Waals surface area contributed by atoms with Crippen LogP contribution in [0.5, 0.6) is 0 Å². The lowest BCUT2D eigenvalue weighted by Crippen LogP contribution is -2.19. The number of fused-ring (bicyclic) bond motifs is 2. The molecule has 2 N–H and O–H groups in total. The maximum absolute atomic E-state index is 12.0. The highest BCUT2D eigenvalue weighted by atomic mass is 16.1. The van der Waals surface area contributed by atoms with Crippen LogP contribution in [0.1, 0.15) is 27.9 Å². The molecule has 1 aliphatic rings. The predicted molar refractivity (Wildman–Crippen MR) is 96.2 cm³/mol. The van der Waals surface area contributed by atoms with Gasteiger partial charge in [0.2, 0.25) is 11.9 Å². The number of hydrogen-bond acceptors (Lipinski definition) is 5. The minimum atomic E-state index is -0.420. The van der Waals surface area contributed by atoms with E-state index < -0.39 is 5.91 Å². The summed E-state index contributed by atoms with van der Waals surface area (Å²) >= 11 is 0. The standard InChI is InChI=1S/C19H13N5O2/c20-8-7-17(26)24-19-22-14-6-5-11(9-15(14)23-19)18-13-4-2-1-3-12(13)16(25)10-21-18/h1-6,9H,7,10H2,(H2,22,23,24,26). The summed E-state index contributed by atoms with van der Waals surface area (Å²) in [5, 5.41) is 11.1. The minimum Gasteiger partial charge on any atom is -0.324 e. The second-order valence-corrected chi connectivity index (χ2v) is 5.83. The number of imidazole rings is 1. The van der Waals surface area contributed by atoms with Gasteiger partial charge in [-0.15, -0.1) is 0 Å². The van der Waals surface area contributed by atoms with Crippen LogP contribution in [-0.4, -0.2) is 33.9 Å². The van der Waals surface area contributed by atoms with Crippen molar-refractivity contribution in [2.24, 2.45) is 4.99 Å². The molecule has 7 heteroatoms. The molecule has 4 rings (SSSR count). The molecule has 126 valence electrons. The third kappa shape index (κ3) is 2.74. The maximum atomic E-state index is 12.0. The van der Waals surface area contributed by atoms with Gasteiger partial charge >= 0.3 is 0 Å². The van der Waals surface area contributed by atoms with Gasteiger partial charge in [-0.05, 0) is 12.1 Å². The van der Waals surface area contributed by atoms with E-state index in [0.717, 1.165) is 22.4 Å². The van der Waals surface area contributed by atoms with E-state index in [0.29, 0.717) is 17.0 Å². The van der Waals surface area contributed by atoms with Gasteiger partial charge in [0.15, 0.2) is 5.78 Å². The number of anilines is 1. The summed E-state index contributed by atoms with van der Waals surface area (Å²) in [4.78, 5) is 35.3. The molecule has 0 fully saturated rings. The fraction of sp³-hybridized carbons (Fsp3) is 0.105. The van der Waals surface area contributed by atoms with Crippen molar-refractivity contribution in [1.82, 2.24) is 9.97 Å². The van der Waals surface area contributed by atoms with Crippen molar-refractivity contribution in [3.05, 3.63) is 59.2 Å². The van der Waals surface area contributed by atoms with Crippen LogP contribution in [-0.2, 0) is 4.79 Å². The molecular formula is C19H13N5O2. The van der Waals surface area contributed by atoms with Crippen LogP contribution in [0.3, 0.4) is 0 Å². The Hall–Kier alpha value is -3.79. The lowest BCUT2D eigenvalue weighted by atomic mass is 9.92. The first-order valence-corrected chi connectivity index (χ1v) is 7.99. The number of nitriles is 1. The molecule has 1 aromatic heterocycles. The Balaban J connectivity index is 1.71. The molecule has 1 amide bonds. The summed E-state index contributed by atoms with van der Waals surface area (Å²) in [6.07, 6.45) is -0.232. The van der Waals surface area contributed by atoms with Gasteiger partial charge in [-0.2, -0.15) is 5.26 Å². The maximum Gasteiger partial charge on any atom is 0.240 e. The van der Waals surface area contributed by atoms with Crippen molar-refractivity contribution in [1.29, 1.82) is 5.26 Å². The predicted octanol–water partition coefficient (Wildman–Crippen LogP) is 2.45. The highest BCUT2D eigenvalue weighted by Gasteiger charge is 2.21. The van der Waals surface area contributed by atoms with Crippen LogP contribution in [0.15, 0.2) is 47.5 Å². The lowest BCUT2D eigenvalue weighted by Gasteiger charge is -2.16. The minimum absolute atomic E-state index is 0.00876. The molecule has 0 saturated heterocycles. The number of ketones is 1. The van der Waals surface area contributed by atoms with Crippen LogP contribution >= 0.6 is 0 Å². The number of nitrogens with zero attached hydrogens (tertiary/aromatic N) is 3. The van der Waals surface area contributed by atoms with Crippen molar-refractivity contribution >= 4 is 34.4 Å². The number of carbonyl (C=O) groups excluding carboxylic acids is 2. The van der Waals surface area contributed by atoms with Gasteiger partial charge in [0.05, 0.1) is 22.8 Å². The monoisotopic (exact) mass is 343 g/mol. The number of rotatable bonds is 3. The Morgan fingerprint density at radius 2 is 2.04 bits per heavy atom. The molecule has 0 saturated carbocycles. The lowest BCUT2D eigenvalue weighted by molar-refractivity contribution is -0.115. The van der Waals surface area contributed by atoms with Crippen LogP contribution in [0.4, 0.5) is 5.95 Å².